The molecule has 8 heteroatoms. The van der Waals surface area contributed by atoms with Crippen molar-refractivity contribution in [2.45, 2.75) is 19.4 Å². The predicted octanol–water partition coefficient (Wildman–Crippen LogP) is 1.67. The summed E-state index contributed by atoms with van der Waals surface area (Å²) < 4.78 is 0. The summed E-state index contributed by atoms with van der Waals surface area (Å²) in [6.07, 6.45) is 6.56. The highest BCUT2D eigenvalue weighted by molar-refractivity contribution is 8.04. The van der Waals surface area contributed by atoms with Crippen LogP contribution in [0.4, 0.5) is 5.82 Å². The van der Waals surface area contributed by atoms with Gasteiger partial charge in [-0.25, -0.2) is 9.97 Å². The Morgan fingerprint density at radius 1 is 1.42 bits per heavy atom. The molecule has 2 aliphatic heterocycles. The quantitative estimate of drug-likeness (QED) is 0.567. The number of aromatic nitrogens is 3. The summed E-state index contributed by atoms with van der Waals surface area (Å²) >= 11 is 1.73. The number of nitrogens with zero attached hydrogens (tertiary/aromatic N) is 4. The van der Waals surface area contributed by atoms with Gasteiger partial charge in [-0.2, -0.15) is 0 Å². The fourth-order valence-corrected chi connectivity index (χ4v) is 4.23. The second-order valence-electron chi connectivity index (χ2n) is 6.27. The van der Waals surface area contributed by atoms with Gasteiger partial charge in [-0.05, 0) is 18.9 Å². The number of thioether (sulfide) groups is 1. The number of likely N-dealkylation sites (tertiary alicyclic amines) is 1. The van der Waals surface area contributed by atoms with Crippen molar-refractivity contribution in [3.8, 4) is 0 Å². The number of rotatable bonds is 2. The van der Waals surface area contributed by atoms with Crippen LogP contribution in [0.15, 0.2) is 23.6 Å². The number of H-pyrrole nitrogens is 1. The average molecular weight is 343 g/mol. The Balaban J connectivity index is 1.66. The standard InChI is InChI=1S/C16H21N7S/c1-10-6-19-15-13(10)16(21-9-20-15)23-4-5-24-12(8-23)14(18)22-3-2-11(17)7-22/h6,8-9,11,18H,2-5,7,17H2,1H3,(H,19,20,21)/t11-/m1/s1. The summed E-state index contributed by atoms with van der Waals surface area (Å²) in [7, 11) is 0. The van der Waals surface area contributed by atoms with Crippen LogP contribution in [0.3, 0.4) is 0 Å². The monoisotopic (exact) mass is 343 g/mol. The van der Waals surface area contributed by atoms with Crippen LogP contribution in [-0.2, 0) is 0 Å². The third-order valence-electron chi connectivity index (χ3n) is 4.56. The highest BCUT2D eigenvalue weighted by Gasteiger charge is 2.26. The fourth-order valence-electron chi connectivity index (χ4n) is 3.26. The first-order valence-corrected chi connectivity index (χ1v) is 9.11. The minimum Gasteiger partial charge on any atom is -0.355 e. The van der Waals surface area contributed by atoms with Crippen molar-refractivity contribution >= 4 is 34.4 Å². The number of aryl methyl sites for hydroxylation is 1. The molecule has 2 aromatic heterocycles. The first-order chi connectivity index (χ1) is 11.6. The minimum absolute atomic E-state index is 0.180. The predicted molar refractivity (Wildman–Crippen MR) is 98.4 cm³/mol. The number of nitrogens with one attached hydrogen (secondary N) is 2. The molecule has 126 valence electrons. The number of fused-ring (bicyclic) bond motifs is 1. The van der Waals surface area contributed by atoms with Crippen molar-refractivity contribution in [2.75, 3.05) is 30.3 Å². The van der Waals surface area contributed by atoms with Gasteiger partial charge in [0, 0.05) is 43.8 Å². The first-order valence-electron chi connectivity index (χ1n) is 8.13. The molecule has 0 spiro atoms. The normalized spacial score (nSPS) is 21.4. The van der Waals surface area contributed by atoms with Crippen molar-refractivity contribution in [3.05, 3.63) is 29.2 Å². The van der Waals surface area contributed by atoms with Gasteiger partial charge in [0.1, 0.15) is 23.6 Å². The molecule has 0 aromatic carbocycles. The van der Waals surface area contributed by atoms with E-state index in [1.807, 2.05) is 6.20 Å². The molecule has 0 saturated carbocycles. The van der Waals surface area contributed by atoms with E-state index in [1.165, 1.54) is 0 Å². The second-order valence-corrected chi connectivity index (χ2v) is 7.41. The van der Waals surface area contributed by atoms with E-state index in [-0.39, 0.29) is 6.04 Å². The number of anilines is 1. The summed E-state index contributed by atoms with van der Waals surface area (Å²) in [6, 6.07) is 0.180. The summed E-state index contributed by atoms with van der Waals surface area (Å²) in [5, 5.41) is 9.56. The van der Waals surface area contributed by atoms with Crippen LogP contribution in [0, 0.1) is 12.3 Å². The number of aromatic amines is 1. The van der Waals surface area contributed by atoms with E-state index >= 15 is 0 Å². The zero-order valence-electron chi connectivity index (χ0n) is 13.6. The Kier molecular flexibility index (Phi) is 3.93. The Hall–Kier alpha value is -2.06. The average Bonchev–Trinajstić information content (AvgIpc) is 3.21. The van der Waals surface area contributed by atoms with E-state index in [0.29, 0.717) is 5.84 Å². The lowest BCUT2D eigenvalue weighted by Crippen LogP contribution is -2.34. The highest BCUT2D eigenvalue weighted by atomic mass is 32.2. The molecule has 1 fully saturated rings. The van der Waals surface area contributed by atoms with Crippen LogP contribution in [0.25, 0.3) is 11.0 Å². The number of amidine groups is 1. The van der Waals surface area contributed by atoms with E-state index in [1.54, 1.807) is 18.1 Å². The van der Waals surface area contributed by atoms with E-state index < -0.39 is 0 Å². The smallest absolute Gasteiger partial charge is 0.145 e. The maximum atomic E-state index is 8.51. The van der Waals surface area contributed by atoms with Crippen molar-refractivity contribution in [1.29, 1.82) is 5.41 Å². The minimum atomic E-state index is 0.180. The van der Waals surface area contributed by atoms with E-state index in [9.17, 15) is 0 Å². The number of hydrogen-bond donors (Lipinski definition) is 3. The second kappa shape index (κ2) is 6.10. The third-order valence-corrected chi connectivity index (χ3v) is 5.55. The molecule has 0 aliphatic carbocycles. The summed E-state index contributed by atoms with van der Waals surface area (Å²) in [5.74, 6) is 2.42. The highest BCUT2D eigenvalue weighted by Crippen LogP contribution is 2.31. The van der Waals surface area contributed by atoms with Gasteiger partial charge < -0.3 is 20.5 Å². The molecule has 2 aliphatic rings. The van der Waals surface area contributed by atoms with Gasteiger partial charge in [0.25, 0.3) is 0 Å². The SMILES string of the molecule is Cc1c[nH]c2ncnc(N3C=C(C(=N)N4CC[C@@H](N)C4)SCC3)c12. The number of nitrogens with two attached hydrogens (primary N) is 1. The van der Waals surface area contributed by atoms with Gasteiger partial charge in [-0.15, -0.1) is 11.8 Å². The fraction of sp³-hybridized carbons (Fsp3) is 0.438. The van der Waals surface area contributed by atoms with Gasteiger partial charge >= 0.3 is 0 Å². The van der Waals surface area contributed by atoms with E-state index in [4.69, 9.17) is 11.1 Å². The van der Waals surface area contributed by atoms with Gasteiger partial charge in [0.15, 0.2) is 0 Å². The van der Waals surface area contributed by atoms with Gasteiger partial charge in [-0.3, -0.25) is 5.41 Å². The molecule has 0 amide bonds. The Bertz CT molecular complexity index is 812. The molecule has 7 nitrogen and oxygen atoms in total. The van der Waals surface area contributed by atoms with Crippen molar-refractivity contribution < 1.29 is 0 Å². The Morgan fingerprint density at radius 2 is 2.29 bits per heavy atom. The third kappa shape index (κ3) is 2.65. The van der Waals surface area contributed by atoms with Gasteiger partial charge in [-0.1, -0.05) is 0 Å². The summed E-state index contributed by atoms with van der Waals surface area (Å²) in [4.78, 5) is 17.2. The molecular weight excluding hydrogens is 322 g/mol. The molecule has 2 aromatic rings. The molecule has 1 saturated heterocycles. The summed E-state index contributed by atoms with van der Waals surface area (Å²) in [6.45, 7) is 4.57. The van der Waals surface area contributed by atoms with Gasteiger partial charge in [0.05, 0.1) is 10.3 Å². The lowest BCUT2D eigenvalue weighted by Gasteiger charge is -2.28. The van der Waals surface area contributed by atoms with Crippen LogP contribution >= 0.6 is 11.8 Å². The van der Waals surface area contributed by atoms with Crippen LogP contribution in [0.1, 0.15) is 12.0 Å². The molecule has 4 N–H and O–H groups in total. The lowest BCUT2D eigenvalue weighted by molar-refractivity contribution is 0.508. The molecule has 0 radical (unpaired) electrons. The molecule has 0 bridgehead atoms. The van der Waals surface area contributed by atoms with Crippen LogP contribution in [0.2, 0.25) is 0 Å². The maximum Gasteiger partial charge on any atom is 0.145 e. The first kappa shape index (κ1) is 15.5. The molecule has 24 heavy (non-hydrogen) atoms. The van der Waals surface area contributed by atoms with Crippen molar-refractivity contribution in [1.82, 2.24) is 19.9 Å². The molecular formula is C16H21N7S. The zero-order chi connectivity index (χ0) is 16.7. The zero-order valence-corrected chi connectivity index (χ0v) is 14.4. The lowest BCUT2D eigenvalue weighted by atomic mass is 10.2. The topological polar surface area (TPSA) is 97.9 Å². The van der Waals surface area contributed by atoms with Crippen molar-refractivity contribution in [2.24, 2.45) is 5.73 Å². The van der Waals surface area contributed by atoms with Crippen LogP contribution in [0.5, 0.6) is 0 Å². The molecule has 0 unspecified atom stereocenters. The number of hydrogen-bond acceptors (Lipinski definition) is 6. The molecule has 4 rings (SSSR count). The van der Waals surface area contributed by atoms with Crippen molar-refractivity contribution in [3.63, 3.8) is 0 Å². The van der Waals surface area contributed by atoms with Crippen LogP contribution in [-0.4, -0.2) is 57.1 Å². The van der Waals surface area contributed by atoms with E-state index in [0.717, 1.165) is 59.1 Å². The van der Waals surface area contributed by atoms with Gasteiger partial charge in [0.2, 0.25) is 0 Å². The molecule has 4 heterocycles. The van der Waals surface area contributed by atoms with Crippen LogP contribution < -0.4 is 10.6 Å². The molecule has 1 atom stereocenters. The Labute approximate surface area is 144 Å². The summed E-state index contributed by atoms with van der Waals surface area (Å²) in [5.41, 5.74) is 7.97. The Morgan fingerprint density at radius 3 is 3.08 bits per heavy atom. The van der Waals surface area contributed by atoms with E-state index in [2.05, 4.69) is 37.9 Å². The maximum absolute atomic E-state index is 8.51. The largest absolute Gasteiger partial charge is 0.355 e.